The molecule has 2 aromatic carbocycles. The van der Waals surface area contributed by atoms with E-state index in [9.17, 15) is 9.90 Å². The lowest BCUT2D eigenvalue weighted by atomic mass is 10.1. The minimum atomic E-state index is -0.614. The van der Waals surface area contributed by atoms with E-state index in [-0.39, 0.29) is 12.6 Å². The molecule has 0 aliphatic carbocycles. The summed E-state index contributed by atoms with van der Waals surface area (Å²) in [4.78, 5) is 14.1. The molecule has 0 spiro atoms. The van der Waals surface area contributed by atoms with Crippen LogP contribution in [0.4, 0.5) is 10.5 Å². The van der Waals surface area contributed by atoms with Gasteiger partial charge in [-0.25, -0.2) is 4.79 Å². The van der Waals surface area contributed by atoms with E-state index in [1.54, 1.807) is 11.8 Å². The molecule has 1 aliphatic rings. The van der Waals surface area contributed by atoms with E-state index in [0.29, 0.717) is 6.42 Å². The first-order valence-corrected chi connectivity index (χ1v) is 7.42. The van der Waals surface area contributed by atoms with Gasteiger partial charge in [0.05, 0.1) is 17.8 Å². The molecule has 2 unspecified atom stereocenters. The van der Waals surface area contributed by atoms with Crippen LogP contribution in [0.25, 0.3) is 0 Å². The normalized spacial score (nSPS) is 17.9. The molecule has 0 saturated heterocycles. The molecule has 1 heterocycles. The van der Waals surface area contributed by atoms with Crippen LogP contribution in [0.1, 0.15) is 18.1 Å². The van der Waals surface area contributed by atoms with Gasteiger partial charge in [0.1, 0.15) is 6.61 Å². The molecular formula is C18H19NO3. The lowest BCUT2D eigenvalue weighted by molar-refractivity contribution is 0.127. The number of amides is 1. The summed E-state index contributed by atoms with van der Waals surface area (Å²) in [7, 11) is 0. The second-order valence-corrected chi connectivity index (χ2v) is 5.55. The maximum atomic E-state index is 12.5. The Labute approximate surface area is 130 Å². The summed E-state index contributed by atoms with van der Waals surface area (Å²) in [5.74, 6) is 0. The highest BCUT2D eigenvalue weighted by Gasteiger charge is 2.37. The Morgan fingerprint density at radius 2 is 1.91 bits per heavy atom. The van der Waals surface area contributed by atoms with Gasteiger partial charge >= 0.3 is 6.09 Å². The summed E-state index contributed by atoms with van der Waals surface area (Å²) in [6.07, 6.45) is -0.384. The van der Waals surface area contributed by atoms with Crippen molar-refractivity contribution in [3.63, 3.8) is 0 Å². The Hall–Kier alpha value is -2.33. The first-order valence-electron chi connectivity index (χ1n) is 7.42. The molecule has 1 aliphatic heterocycles. The van der Waals surface area contributed by atoms with Crippen molar-refractivity contribution in [2.45, 2.75) is 32.1 Å². The quantitative estimate of drug-likeness (QED) is 0.947. The van der Waals surface area contributed by atoms with E-state index in [2.05, 4.69) is 0 Å². The largest absolute Gasteiger partial charge is 0.444 e. The second kappa shape index (κ2) is 6.20. The van der Waals surface area contributed by atoms with Crippen molar-refractivity contribution in [1.29, 1.82) is 0 Å². The molecule has 2 atom stereocenters. The van der Waals surface area contributed by atoms with E-state index >= 15 is 0 Å². The Bertz CT molecular complexity index is 654. The summed E-state index contributed by atoms with van der Waals surface area (Å²) in [6, 6.07) is 17.0. The van der Waals surface area contributed by atoms with Gasteiger partial charge in [0.25, 0.3) is 0 Å². The molecule has 114 valence electrons. The molecule has 4 heteroatoms. The highest BCUT2D eigenvalue weighted by molar-refractivity contribution is 5.91. The molecular weight excluding hydrogens is 278 g/mol. The predicted molar refractivity (Wildman–Crippen MR) is 84.7 cm³/mol. The summed E-state index contributed by atoms with van der Waals surface area (Å²) in [6.45, 7) is 1.93. The Kier molecular flexibility index (Phi) is 4.11. The first-order chi connectivity index (χ1) is 10.7. The van der Waals surface area contributed by atoms with Gasteiger partial charge in [-0.15, -0.1) is 0 Å². The summed E-state index contributed by atoms with van der Waals surface area (Å²) < 4.78 is 5.43. The average Bonchev–Trinajstić information content (AvgIpc) is 2.93. The molecule has 0 bridgehead atoms. The Balaban J connectivity index is 1.77. The smallest absolute Gasteiger partial charge is 0.414 e. The molecule has 0 aromatic heterocycles. The van der Waals surface area contributed by atoms with Crippen molar-refractivity contribution in [2.75, 3.05) is 4.90 Å². The first kappa shape index (κ1) is 14.6. The van der Waals surface area contributed by atoms with Gasteiger partial charge in [-0.2, -0.15) is 0 Å². The number of fused-ring (bicyclic) bond motifs is 1. The van der Waals surface area contributed by atoms with Gasteiger partial charge in [0.2, 0.25) is 0 Å². The number of aliphatic hydroxyl groups is 1. The predicted octanol–water partition coefficient (Wildman–Crippen LogP) is 3.14. The summed E-state index contributed by atoms with van der Waals surface area (Å²) >= 11 is 0. The molecule has 0 fully saturated rings. The third-order valence-electron chi connectivity index (χ3n) is 3.97. The second-order valence-electron chi connectivity index (χ2n) is 5.55. The van der Waals surface area contributed by atoms with E-state index in [1.807, 2.05) is 54.6 Å². The van der Waals surface area contributed by atoms with Crippen molar-refractivity contribution in [2.24, 2.45) is 0 Å². The van der Waals surface area contributed by atoms with Crippen molar-refractivity contribution < 1.29 is 14.6 Å². The number of nitrogens with zero attached hydrogens (tertiary/aromatic N) is 1. The Morgan fingerprint density at radius 3 is 2.64 bits per heavy atom. The van der Waals surface area contributed by atoms with E-state index < -0.39 is 12.2 Å². The topological polar surface area (TPSA) is 49.8 Å². The fourth-order valence-corrected chi connectivity index (χ4v) is 2.82. The number of aliphatic hydroxyl groups excluding tert-OH is 1. The fourth-order valence-electron chi connectivity index (χ4n) is 2.82. The number of benzene rings is 2. The Morgan fingerprint density at radius 1 is 1.23 bits per heavy atom. The maximum Gasteiger partial charge on any atom is 0.414 e. The third-order valence-corrected chi connectivity index (χ3v) is 3.97. The van der Waals surface area contributed by atoms with Gasteiger partial charge in [0.15, 0.2) is 0 Å². The van der Waals surface area contributed by atoms with E-state index in [4.69, 9.17) is 4.74 Å². The van der Waals surface area contributed by atoms with Gasteiger partial charge in [-0.05, 0) is 30.5 Å². The van der Waals surface area contributed by atoms with E-state index in [1.165, 1.54) is 0 Å². The molecule has 0 saturated carbocycles. The van der Waals surface area contributed by atoms with Gasteiger partial charge < -0.3 is 9.84 Å². The minimum absolute atomic E-state index is 0.227. The van der Waals surface area contributed by atoms with Crippen molar-refractivity contribution in [3.05, 3.63) is 65.7 Å². The number of ether oxygens (including phenoxy) is 1. The molecule has 1 amide bonds. The SMILES string of the molecule is CC(O)C1Cc2ccccc2N1C(=O)OCc1ccccc1. The lowest BCUT2D eigenvalue weighted by Gasteiger charge is -2.26. The van der Waals surface area contributed by atoms with Crippen LogP contribution in [0.2, 0.25) is 0 Å². The number of hydrogen-bond donors (Lipinski definition) is 1. The number of hydrogen-bond acceptors (Lipinski definition) is 3. The van der Waals surface area contributed by atoms with Crippen LogP contribution in [-0.2, 0) is 17.8 Å². The van der Waals surface area contributed by atoms with Gasteiger partial charge in [0, 0.05) is 0 Å². The van der Waals surface area contributed by atoms with Crippen LogP contribution in [0.3, 0.4) is 0 Å². The average molecular weight is 297 g/mol. The van der Waals surface area contributed by atoms with Crippen molar-refractivity contribution >= 4 is 11.8 Å². The fraction of sp³-hybridized carbons (Fsp3) is 0.278. The zero-order valence-corrected chi connectivity index (χ0v) is 12.5. The molecule has 3 rings (SSSR count). The van der Waals surface area contributed by atoms with Crippen LogP contribution in [0.15, 0.2) is 54.6 Å². The van der Waals surface area contributed by atoms with Gasteiger partial charge in [-0.1, -0.05) is 48.5 Å². The highest BCUT2D eigenvalue weighted by atomic mass is 16.6. The molecule has 22 heavy (non-hydrogen) atoms. The number of carbonyl (C=O) groups is 1. The molecule has 4 nitrogen and oxygen atoms in total. The number of anilines is 1. The number of rotatable bonds is 3. The summed E-state index contributed by atoms with van der Waals surface area (Å²) in [5.41, 5.74) is 2.83. The van der Waals surface area contributed by atoms with Crippen LogP contribution in [0.5, 0.6) is 0 Å². The van der Waals surface area contributed by atoms with E-state index in [0.717, 1.165) is 16.8 Å². The van der Waals surface area contributed by atoms with Crippen LogP contribution in [-0.4, -0.2) is 23.3 Å². The number of para-hydroxylation sites is 1. The number of carbonyl (C=O) groups excluding carboxylic acids is 1. The minimum Gasteiger partial charge on any atom is -0.444 e. The third kappa shape index (κ3) is 2.83. The van der Waals surface area contributed by atoms with Crippen LogP contribution < -0.4 is 4.90 Å². The standard InChI is InChI=1S/C18H19NO3/c1-13(20)17-11-15-9-5-6-10-16(15)19(17)18(21)22-12-14-7-3-2-4-8-14/h2-10,13,17,20H,11-12H2,1H3. The lowest BCUT2D eigenvalue weighted by Crippen LogP contribution is -2.44. The van der Waals surface area contributed by atoms with Crippen molar-refractivity contribution in [3.8, 4) is 0 Å². The molecule has 1 N–H and O–H groups in total. The zero-order valence-electron chi connectivity index (χ0n) is 12.5. The monoisotopic (exact) mass is 297 g/mol. The van der Waals surface area contributed by atoms with Crippen molar-refractivity contribution in [1.82, 2.24) is 0 Å². The maximum absolute atomic E-state index is 12.5. The van der Waals surface area contributed by atoms with Crippen LogP contribution >= 0.6 is 0 Å². The molecule has 0 radical (unpaired) electrons. The summed E-state index contributed by atoms with van der Waals surface area (Å²) in [5, 5.41) is 9.98. The van der Waals surface area contributed by atoms with Gasteiger partial charge in [-0.3, -0.25) is 4.90 Å². The van der Waals surface area contributed by atoms with Crippen LogP contribution in [0, 0.1) is 0 Å². The molecule has 2 aromatic rings. The highest BCUT2D eigenvalue weighted by Crippen LogP contribution is 2.34. The zero-order chi connectivity index (χ0) is 15.5.